The summed E-state index contributed by atoms with van der Waals surface area (Å²) in [5.74, 6) is 0.281. The highest BCUT2D eigenvalue weighted by atomic mass is 19.1. The molecule has 0 amide bonds. The molecule has 0 aliphatic rings. The van der Waals surface area contributed by atoms with Crippen LogP contribution in [0.25, 0.3) is 22.0 Å². The molecule has 3 rings (SSSR count). The van der Waals surface area contributed by atoms with E-state index in [0.717, 1.165) is 5.39 Å². The molecule has 5 nitrogen and oxygen atoms in total. The van der Waals surface area contributed by atoms with Crippen molar-refractivity contribution in [1.29, 1.82) is 0 Å². The summed E-state index contributed by atoms with van der Waals surface area (Å²) >= 11 is 0. The molecule has 6 heteroatoms. The third kappa shape index (κ3) is 2.80. The van der Waals surface area contributed by atoms with E-state index in [1.807, 2.05) is 0 Å². The van der Waals surface area contributed by atoms with Crippen molar-refractivity contribution in [3.63, 3.8) is 0 Å². The summed E-state index contributed by atoms with van der Waals surface area (Å²) in [6, 6.07) is 9.27. The van der Waals surface area contributed by atoms with Gasteiger partial charge in [-0.25, -0.2) is 9.37 Å². The molecule has 2 N–H and O–H groups in total. The molecule has 3 aromatic rings. The van der Waals surface area contributed by atoms with Gasteiger partial charge in [-0.15, -0.1) is 0 Å². The van der Waals surface area contributed by atoms with E-state index in [2.05, 4.69) is 10.3 Å². The van der Waals surface area contributed by atoms with Crippen LogP contribution in [-0.2, 0) is 6.54 Å². The van der Waals surface area contributed by atoms with Crippen molar-refractivity contribution in [2.24, 2.45) is 0 Å². The predicted octanol–water partition coefficient (Wildman–Crippen LogP) is 2.24. The van der Waals surface area contributed by atoms with Crippen LogP contribution in [0.5, 0.6) is 0 Å². The molecular formula is C17H16FN3O2. The van der Waals surface area contributed by atoms with Crippen molar-refractivity contribution in [3.05, 3.63) is 58.8 Å². The average molecular weight is 313 g/mol. The van der Waals surface area contributed by atoms with E-state index in [1.165, 1.54) is 16.7 Å². The Labute approximate surface area is 132 Å². The lowest BCUT2D eigenvalue weighted by Gasteiger charge is -2.13. The van der Waals surface area contributed by atoms with E-state index in [-0.39, 0.29) is 24.5 Å². The van der Waals surface area contributed by atoms with Gasteiger partial charge in [-0.05, 0) is 23.8 Å². The van der Waals surface area contributed by atoms with Crippen LogP contribution in [0.2, 0.25) is 0 Å². The first-order valence-electron chi connectivity index (χ1n) is 7.22. The van der Waals surface area contributed by atoms with Crippen molar-refractivity contribution in [2.45, 2.75) is 6.54 Å². The fourth-order valence-electron chi connectivity index (χ4n) is 2.57. The van der Waals surface area contributed by atoms with Crippen molar-refractivity contribution in [1.82, 2.24) is 9.55 Å². The van der Waals surface area contributed by atoms with Gasteiger partial charge in [-0.2, -0.15) is 0 Å². The minimum absolute atomic E-state index is 0.154. The molecule has 2 heterocycles. The molecule has 0 unspecified atom stereocenters. The third-order valence-corrected chi connectivity index (χ3v) is 3.71. The predicted molar refractivity (Wildman–Crippen MR) is 88.0 cm³/mol. The van der Waals surface area contributed by atoms with Crippen LogP contribution in [0.3, 0.4) is 0 Å². The Morgan fingerprint density at radius 3 is 2.65 bits per heavy atom. The average Bonchev–Trinajstić information content (AvgIpc) is 2.57. The zero-order valence-electron chi connectivity index (χ0n) is 12.6. The van der Waals surface area contributed by atoms with Gasteiger partial charge < -0.3 is 15.0 Å². The van der Waals surface area contributed by atoms with E-state index >= 15 is 0 Å². The van der Waals surface area contributed by atoms with Crippen LogP contribution in [0.4, 0.5) is 10.2 Å². The van der Waals surface area contributed by atoms with Gasteiger partial charge in [0.05, 0.1) is 12.1 Å². The number of aliphatic hydroxyl groups is 1. The number of fused-ring (bicyclic) bond motifs is 1. The Morgan fingerprint density at radius 1 is 1.26 bits per heavy atom. The minimum Gasteiger partial charge on any atom is -0.395 e. The molecule has 1 aromatic carbocycles. The SMILES string of the molecule is CNc1cc2c(cn1)cc(-c1ccc(F)cc1)c(=O)n2CCO. The number of benzene rings is 1. The van der Waals surface area contributed by atoms with Crippen LogP contribution in [0, 0.1) is 5.82 Å². The molecule has 0 fully saturated rings. The summed E-state index contributed by atoms with van der Waals surface area (Å²) in [5, 5.41) is 13.0. The van der Waals surface area contributed by atoms with E-state index in [4.69, 9.17) is 0 Å². The summed E-state index contributed by atoms with van der Waals surface area (Å²) in [4.78, 5) is 17.0. The van der Waals surface area contributed by atoms with E-state index < -0.39 is 0 Å². The van der Waals surface area contributed by atoms with Crippen LogP contribution in [0.1, 0.15) is 0 Å². The molecule has 118 valence electrons. The summed E-state index contributed by atoms with van der Waals surface area (Å²) in [6.45, 7) is 0.0244. The number of aromatic nitrogens is 2. The Bertz CT molecular complexity index is 904. The van der Waals surface area contributed by atoms with Gasteiger partial charge in [0.25, 0.3) is 5.56 Å². The maximum absolute atomic E-state index is 13.1. The Balaban J connectivity index is 2.30. The molecule has 0 saturated heterocycles. The lowest BCUT2D eigenvalue weighted by Crippen LogP contribution is -2.24. The maximum Gasteiger partial charge on any atom is 0.259 e. The molecule has 0 aliphatic heterocycles. The third-order valence-electron chi connectivity index (χ3n) is 3.71. The molecule has 0 radical (unpaired) electrons. The standard InChI is InChI=1S/C17H16FN3O2/c1-19-16-9-15-12(10-20-16)8-14(17(23)21(15)6-7-22)11-2-4-13(18)5-3-11/h2-5,8-10,22H,6-7H2,1H3,(H,19,20). The van der Waals surface area contributed by atoms with Gasteiger partial charge in [0, 0.05) is 36.8 Å². The molecular weight excluding hydrogens is 297 g/mol. The number of pyridine rings is 2. The summed E-state index contributed by atoms with van der Waals surface area (Å²) in [7, 11) is 1.75. The van der Waals surface area contributed by atoms with E-state index in [9.17, 15) is 14.3 Å². The molecule has 0 spiro atoms. The quantitative estimate of drug-likeness (QED) is 0.775. The number of hydrogen-bond donors (Lipinski definition) is 2. The summed E-state index contributed by atoms with van der Waals surface area (Å²) in [6.07, 6.45) is 1.67. The Hall–Kier alpha value is -2.73. The van der Waals surface area contributed by atoms with Crippen LogP contribution >= 0.6 is 0 Å². The van der Waals surface area contributed by atoms with Crippen molar-refractivity contribution >= 4 is 16.7 Å². The maximum atomic E-state index is 13.1. The smallest absolute Gasteiger partial charge is 0.259 e. The number of aliphatic hydroxyl groups excluding tert-OH is 1. The monoisotopic (exact) mass is 313 g/mol. The highest BCUT2D eigenvalue weighted by Crippen LogP contribution is 2.22. The van der Waals surface area contributed by atoms with Gasteiger partial charge in [0.1, 0.15) is 11.6 Å². The van der Waals surface area contributed by atoms with Crippen LogP contribution < -0.4 is 10.9 Å². The van der Waals surface area contributed by atoms with E-state index in [1.54, 1.807) is 37.5 Å². The number of hydrogen-bond acceptors (Lipinski definition) is 4. The topological polar surface area (TPSA) is 67.2 Å². The molecule has 0 atom stereocenters. The van der Waals surface area contributed by atoms with Gasteiger partial charge in [-0.3, -0.25) is 4.79 Å². The van der Waals surface area contributed by atoms with Crippen molar-refractivity contribution < 1.29 is 9.50 Å². The molecule has 23 heavy (non-hydrogen) atoms. The first-order valence-corrected chi connectivity index (χ1v) is 7.22. The zero-order chi connectivity index (χ0) is 16.4. The number of halogens is 1. The molecule has 0 saturated carbocycles. The normalized spacial score (nSPS) is 10.9. The number of nitrogens with one attached hydrogen (secondary N) is 1. The van der Waals surface area contributed by atoms with E-state index in [0.29, 0.717) is 22.5 Å². The number of rotatable bonds is 4. The van der Waals surface area contributed by atoms with Crippen molar-refractivity contribution in [3.8, 4) is 11.1 Å². The second kappa shape index (κ2) is 6.18. The van der Waals surface area contributed by atoms with Crippen LogP contribution in [0.15, 0.2) is 47.4 Å². The lowest BCUT2D eigenvalue weighted by atomic mass is 10.1. The number of nitrogens with zero attached hydrogens (tertiary/aromatic N) is 2. The molecule has 0 aliphatic carbocycles. The summed E-state index contributed by atoms with van der Waals surface area (Å²) < 4.78 is 14.6. The largest absolute Gasteiger partial charge is 0.395 e. The van der Waals surface area contributed by atoms with Gasteiger partial charge in [-0.1, -0.05) is 12.1 Å². The Morgan fingerprint density at radius 2 is 2.00 bits per heavy atom. The second-order valence-electron chi connectivity index (χ2n) is 5.12. The van der Waals surface area contributed by atoms with Crippen molar-refractivity contribution in [2.75, 3.05) is 19.0 Å². The lowest BCUT2D eigenvalue weighted by molar-refractivity contribution is 0.276. The molecule has 0 bridgehead atoms. The van der Waals surface area contributed by atoms with Gasteiger partial charge in [0.15, 0.2) is 0 Å². The number of anilines is 1. The highest BCUT2D eigenvalue weighted by molar-refractivity contribution is 5.85. The highest BCUT2D eigenvalue weighted by Gasteiger charge is 2.12. The first-order chi connectivity index (χ1) is 11.1. The minimum atomic E-state index is -0.356. The van der Waals surface area contributed by atoms with Gasteiger partial charge >= 0.3 is 0 Å². The first kappa shape index (κ1) is 15.2. The van der Waals surface area contributed by atoms with Crippen LogP contribution in [-0.4, -0.2) is 28.3 Å². The second-order valence-corrected chi connectivity index (χ2v) is 5.12. The Kier molecular flexibility index (Phi) is 4.08. The van der Waals surface area contributed by atoms with Gasteiger partial charge in [0.2, 0.25) is 0 Å². The summed E-state index contributed by atoms with van der Waals surface area (Å²) in [5.41, 5.74) is 1.54. The fourth-order valence-corrected chi connectivity index (χ4v) is 2.57. The zero-order valence-corrected chi connectivity index (χ0v) is 12.6. The fraction of sp³-hybridized carbons (Fsp3) is 0.176. The molecule has 2 aromatic heterocycles.